The molecule has 0 spiro atoms. The van der Waals surface area contributed by atoms with Crippen molar-refractivity contribution in [3.8, 4) is 0 Å². The van der Waals surface area contributed by atoms with Gasteiger partial charge in [0, 0.05) is 0 Å². The van der Waals surface area contributed by atoms with Crippen LogP contribution in [-0.4, -0.2) is 25.2 Å². The van der Waals surface area contributed by atoms with E-state index in [0.717, 1.165) is 5.57 Å². The number of ether oxygens (including phenoxy) is 2. The quantitative estimate of drug-likeness (QED) is 0.415. The van der Waals surface area contributed by atoms with Crippen molar-refractivity contribution in [2.24, 2.45) is 5.92 Å². The third kappa shape index (κ3) is 4.35. The second-order valence-electron chi connectivity index (χ2n) is 4.17. The molecule has 0 aliphatic rings. The highest BCUT2D eigenvalue weighted by atomic mass is 16.5. The van der Waals surface area contributed by atoms with Crippen LogP contribution >= 0.6 is 0 Å². The second kappa shape index (κ2) is 7.69. The van der Waals surface area contributed by atoms with Gasteiger partial charge in [0.25, 0.3) is 0 Å². The number of carbonyl (C=O) groups excluding carboxylic acids is 2. The summed E-state index contributed by atoms with van der Waals surface area (Å²) < 4.78 is 9.96. The Labute approximate surface area is 109 Å². The normalized spacial score (nSPS) is 11.4. The molecule has 4 heteroatoms. The van der Waals surface area contributed by atoms with E-state index in [1.165, 1.54) is 0 Å². The fraction of sp³-hybridized carbons (Fsp3) is 0.571. The van der Waals surface area contributed by atoms with Crippen molar-refractivity contribution in [2.45, 2.75) is 34.6 Å². The molecule has 0 aromatic heterocycles. The molecule has 0 aliphatic carbocycles. The molecule has 0 N–H and O–H groups in total. The summed E-state index contributed by atoms with van der Waals surface area (Å²) in [6, 6.07) is 0. The zero-order valence-electron chi connectivity index (χ0n) is 11.8. The van der Waals surface area contributed by atoms with Crippen LogP contribution in [0.1, 0.15) is 34.6 Å². The molecule has 0 fully saturated rings. The second-order valence-corrected chi connectivity index (χ2v) is 4.17. The van der Waals surface area contributed by atoms with Gasteiger partial charge < -0.3 is 9.47 Å². The summed E-state index contributed by atoms with van der Waals surface area (Å²) in [6.07, 6.45) is 0. The summed E-state index contributed by atoms with van der Waals surface area (Å²) in [5.74, 6) is -1.71. The molecule has 102 valence electrons. The highest BCUT2D eigenvalue weighted by Crippen LogP contribution is 2.25. The third-order valence-electron chi connectivity index (χ3n) is 2.34. The highest BCUT2D eigenvalue weighted by Gasteiger charge is 2.31. The standard InChI is InChI=1S/C14H22O4/c1-7-17-13(15)11(9(3)4)12(10(5)6)14(16)18-8-2/h11H,3,7-8H2,1-2,4-6H3. The number of hydrogen-bond donors (Lipinski definition) is 0. The molecule has 0 heterocycles. The number of allylic oxidation sites excluding steroid dienone is 1. The monoisotopic (exact) mass is 254 g/mol. The van der Waals surface area contributed by atoms with Crippen LogP contribution in [-0.2, 0) is 19.1 Å². The minimum atomic E-state index is -0.756. The van der Waals surface area contributed by atoms with Crippen LogP contribution < -0.4 is 0 Å². The molecule has 4 nitrogen and oxygen atoms in total. The Hall–Kier alpha value is -1.58. The van der Waals surface area contributed by atoms with Crippen LogP contribution in [0, 0.1) is 5.92 Å². The maximum absolute atomic E-state index is 11.9. The average Bonchev–Trinajstić information content (AvgIpc) is 2.24. The summed E-state index contributed by atoms with van der Waals surface area (Å²) in [7, 11) is 0. The summed E-state index contributed by atoms with van der Waals surface area (Å²) in [6.45, 7) is 13.0. The van der Waals surface area contributed by atoms with Gasteiger partial charge >= 0.3 is 11.9 Å². The number of hydrogen-bond acceptors (Lipinski definition) is 4. The van der Waals surface area contributed by atoms with Crippen molar-refractivity contribution in [3.63, 3.8) is 0 Å². The Bertz CT molecular complexity index is 362. The van der Waals surface area contributed by atoms with Gasteiger partial charge in [0.15, 0.2) is 0 Å². The van der Waals surface area contributed by atoms with E-state index in [1.54, 1.807) is 34.6 Å². The summed E-state index contributed by atoms with van der Waals surface area (Å²) in [5, 5.41) is 0. The Balaban J connectivity index is 5.41. The predicted octanol–water partition coefficient (Wildman–Crippen LogP) is 2.64. The number of rotatable bonds is 6. The van der Waals surface area contributed by atoms with Gasteiger partial charge in [-0.1, -0.05) is 17.7 Å². The summed E-state index contributed by atoms with van der Waals surface area (Å²) >= 11 is 0. The molecule has 1 unspecified atom stereocenters. The first-order valence-electron chi connectivity index (χ1n) is 6.03. The van der Waals surface area contributed by atoms with Gasteiger partial charge in [-0.2, -0.15) is 0 Å². The first kappa shape index (κ1) is 16.4. The maximum Gasteiger partial charge on any atom is 0.335 e. The molecule has 0 radical (unpaired) electrons. The molecule has 0 saturated carbocycles. The first-order valence-corrected chi connectivity index (χ1v) is 6.03. The summed E-state index contributed by atoms with van der Waals surface area (Å²) in [4.78, 5) is 23.8. The van der Waals surface area contributed by atoms with Crippen molar-refractivity contribution >= 4 is 11.9 Å². The van der Waals surface area contributed by atoms with Gasteiger partial charge in [-0.3, -0.25) is 4.79 Å². The fourth-order valence-corrected chi connectivity index (χ4v) is 1.61. The minimum Gasteiger partial charge on any atom is -0.465 e. The Kier molecular flexibility index (Phi) is 7.01. The van der Waals surface area contributed by atoms with Gasteiger partial charge in [-0.05, 0) is 34.6 Å². The molecule has 0 aromatic carbocycles. The van der Waals surface area contributed by atoms with Crippen molar-refractivity contribution in [1.82, 2.24) is 0 Å². The Morgan fingerprint density at radius 2 is 1.56 bits per heavy atom. The van der Waals surface area contributed by atoms with Crippen LogP contribution in [0.3, 0.4) is 0 Å². The van der Waals surface area contributed by atoms with Crippen molar-refractivity contribution < 1.29 is 19.1 Å². The fourth-order valence-electron chi connectivity index (χ4n) is 1.61. The Morgan fingerprint density at radius 3 is 1.89 bits per heavy atom. The van der Waals surface area contributed by atoms with E-state index in [1.807, 2.05) is 0 Å². The van der Waals surface area contributed by atoms with E-state index < -0.39 is 17.9 Å². The molecule has 0 aromatic rings. The van der Waals surface area contributed by atoms with E-state index >= 15 is 0 Å². The maximum atomic E-state index is 11.9. The van der Waals surface area contributed by atoms with Crippen LogP contribution in [0.4, 0.5) is 0 Å². The van der Waals surface area contributed by atoms with Crippen LogP contribution in [0.2, 0.25) is 0 Å². The van der Waals surface area contributed by atoms with Gasteiger partial charge in [0.2, 0.25) is 0 Å². The Morgan fingerprint density at radius 1 is 1.06 bits per heavy atom. The van der Waals surface area contributed by atoms with Gasteiger partial charge in [0.1, 0.15) is 5.92 Å². The summed E-state index contributed by atoms with van der Waals surface area (Å²) in [5.41, 5.74) is 1.62. The average molecular weight is 254 g/mol. The smallest absolute Gasteiger partial charge is 0.335 e. The van der Waals surface area contributed by atoms with Gasteiger partial charge in [-0.25, -0.2) is 4.79 Å². The molecule has 0 saturated heterocycles. The van der Waals surface area contributed by atoms with Crippen LogP contribution in [0.5, 0.6) is 0 Å². The molecule has 18 heavy (non-hydrogen) atoms. The van der Waals surface area contributed by atoms with Gasteiger partial charge in [-0.15, -0.1) is 0 Å². The zero-order chi connectivity index (χ0) is 14.3. The topological polar surface area (TPSA) is 52.6 Å². The largest absolute Gasteiger partial charge is 0.465 e. The van der Waals surface area contributed by atoms with Gasteiger partial charge in [0.05, 0.1) is 18.8 Å². The van der Waals surface area contributed by atoms with Crippen molar-refractivity contribution in [2.75, 3.05) is 13.2 Å². The number of carbonyl (C=O) groups is 2. The predicted molar refractivity (Wildman–Crippen MR) is 69.9 cm³/mol. The zero-order valence-corrected chi connectivity index (χ0v) is 11.8. The van der Waals surface area contributed by atoms with Crippen molar-refractivity contribution in [1.29, 1.82) is 0 Å². The molecule has 0 rings (SSSR count). The lowest BCUT2D eigenvalue weighted by Crippen LogP contribution is -2.27. The molecular weight excluding hydrogens is 232 g/mol. The van der Waals surface area contributed by atoms with Crippen molar-refractivity contribution in [3.05, 3.63) is 23.3 Å². The first-order chi connectivity index (χ1) is 8.36. The molecular formula is C14H22O4. The van der Waals surface area contributed by atoms with E-state index in [9.17, 15) is 9.59 Å². The molecule has 0 aliphatic heterocycles. The van der Waals surface area contributed by atoms with E-state index in [4.69, 9.17) is 9.47 Å². The minimum absolute atomic E-state index is 0.265. The molecule has 0 bridgehead atoms. The lowest BCUT2D eigenvalue weighted by Gasteiger charge is -2.19. The third-order valence-corrected chi connectivity index (χ3v) is 2.34. The van der Waals surface area contributed by atoms with E-state index in [-0.39, 0.29) is 13.2 Å². The number of esters is 2. The molecule has 0 amide bonds. The highest BCUT2D eigenvalue weighted by molar-refractivity contribution is 5.97. The van der Waals surface area contributed by atoms with Crippen LogP contribution in [0.25, 0.3) is 0 Å². The molecule has 1 atom stereocenters. The lowest BCUT2D eigenvalue weighted by molar-refractivity contribution is -0.149. The SMILES string of the molecule is C=C(C)C(C(=O)OCC)C(C(=O)OCC)=C(C)C. The van der Waals surface area contributed by atoms with Crippen LogP contribution in [0.15, 0.2) is 23.3 Å². The lowest BCUT2D eigenvalue weighted by atomic mass is 9.89. The van der Waals surface area contributed by atoms with E-state index in [0.29, 0.717) is 11.1 Å². The van der Waals surface area contributed by atoms with E-state index in [2.05, 4.69) is 6.58 Å².